The number of aromatic nitrogens is 1. The van der Waals surface area contributed by atoms with Gasteiger partial charge in [0.05, 0.1) is 12.1 Å². The number of amides is 2. The smallest absolute Gasteiger partial charge is 0.284 e. The lowest BCUT2D eigenvalue weighted by molar-refractivity contribution is -0.130. The Kier molecular flexibility index (Phi) is 7.28. The zero-order valence-corrected chi connectivity index (χ0v) is 16.1. The molecule has 2 rings (SSSR count). The topological polar surface area (TPSA) is 143 Å². The summed E-state index contributed by atoms with van der Waals surface area (Å²) in [5.74, 6) is -1.66. The van der Waals surface area contributed by atoms with E-state index < -0.39 is 39.9 Å². The molecule has 2 unspecified atom stereocenters. The van der Waals surface area contributed by atoms with Gasteiger partial charge in [0.25, 0.3) is 10.0 Å². The minimum atomic E-state index is -4.25. The lowest BCUT2D eigenvalue weighted by atomic mass is 10.0. The minimum absolute atomic E-state index is 0.0298. The second-order valence-electron chi connectivity index (χ2n) is 6.82. The van der Waals surface area contributed by atoms with Crippen LogP contribution in [-0.2, 0) is 19.6 Å². The van der Waals surface area contributed by atoms with Crippen LogP contribution in [0.15, 0.2) is 29.4 Å². The van der Waals surface area contributed by atoms with E-state index in [0.717, 1.165) is 4.31 Å². The summed E-state index contributed by atoms with van der Waals surface area (Å²) in [6, 6.07) is 3.50. The number of hydrogen-bond acceptors (Lipinski definition) is 7. The zero-order valence-electron chi connectivity index (χ0n) is 15.2. The lowest BCUT2D eigenvalue weighted by Crippen LogP contribution is -2.52. The van der Waals surface area contributed by atoms with Crippen molar-refractivity contribution in [3.8, 4) is 0 Å². The van der Waals surface area contributed by atoms with Crippen LogP contribution in [0.25, 0.3) is 0 Å². The quantitative estimate of drug-likeness (QED) is 0.568. The molecule has 0 saturated carbocycles. The second kappa shape index (κ2) is 9.25. The van der Waals surface area contributed by atoms with Gasteiger partial charge in [-0.05, 0) is 37.4 Å². The Bertz CT molecular complexity index is 756. The molecule has 1 aliphatic heterocycles. The molecule has 0 aliphatic carbocycles. The minimum Gasteiger partial charge on any atom is -0.390 e. The number of aliphatic hydroxyl groups excluding tert-OH is 1. The van der Waals surface area contributed by atoms with E-state index in [9.17, 15) is 23.1 Å². The van der Waals surface area contributed by atoms with Crippen molar-refractivity contribution in [2.75, 3.05) is 13.1 Å². The molecular formula is C17H26N4O5S. The number of nitrogens with two attached hydrogens (primary N) is 1. The molecule has 10 heteroatoms. The molecule has 0 radical (unpaired) electrons. The molecule has 1 aromatic rings. The van der Waals surface area contributed by atoms with E-state index in [-0.39, 0.29) is 24.4 Å². The number of carbonyl (C=O) groups excluding carboxylic acids is 2. The predicted molar refractivity (Wildman–Crippen MR) is 97.8 cm³/mol. The number of sulfonamides is 1. The van der Waals surface area contributed by atoms with Gasteiger partial charge < -0.3 is 16.2 Å². The normalized spacial score (nSPS) is 21.9. The third-order valence-electron chi connectivity index (χ3n) is 4.43. The Morgan fingerprint density at radius 1 is 1.41 bits per heavy atom. The van der Waals surface area contributed by atoms with Crippen molar-refractivity contribution < 1.29 is 23.1 Å². The van der Waals surface area contributed by atoms with Crippen molar-refractivity contribution in [2.24, 2.45) is 11.7 Å². The monoisotopic (exact) mass is 398 g/mol. The van der Waals surface area contributed by atoms with Crippen molar-refractivity contribution in [2.45, 2.75) is 49.8 Å². The van der Waals surface area contributed by atoms with Crippen molar-refractivity contribution >= 4 is 21.8 Å². The average Bonchev–Trinajstić information content (AvgIpc) is 2.80. The van der Waals surface area contributed by atoms with Crippen LogP contribution in [0.1, 0.15) is 32.6 Å². The first-order chi connectivity index (χ1) is 12.7. The van der Waals surface area contributed by atoms with Gasteiger partial charge in [-0.2, -0.15) is 8.42 Å². The first-order valence-corrected chi connectivity index (χ1v) is 10.3. The number of β-amino-alcohol motifs (C(OH)–C–C–N with tert-alkyl or cyclic N) is 1. The van der Waals surface area contributed by atoms with Gasteiger partial charge in [-0.15, -0.1) is 0 Å². The zero-order chi connectivity index (χ0) is 20.0. The highest BCUT2D eigenvalue weighted by molar-refractivity contribution is 7.89. The maximum Gasteiger partial charge on any atom is 0.284 e. The molecule has 1 aliphatic rings. The highest BCUT2D eigenvalue weighted by atomic mass is 32.2. The summed E-state index contributed by atoms with van der Waals surface area (Å²) in [5.41, 5.74) is 5.17. The summed E-state index contributed by atoms with van der Waals surface area (Å²) in [7, 11) is -4.25. The fourth-order valence-electron chi connectivity index (χ4n) is 3.19. The maximum atomic E-state index is 13.2. The predicted octanol–water partition coefficient (Wildman–Crippen LogP) is -0.387. The molecule has 4 N–H and O–H groups in total. The maximum absolute atomic E-state index is 13.2. The van der Waals surface area contributed by atoms with Crippen molar-refractivity contribution in [3.63, 3.8) is 0 Å². The van der Waals surface area contributed by atoms with Crippen molar-refractivity contribution in [1.29, 1.82) is 0 Å². The standard InChI is InChI=1S/C17H26N4O5S/c1-12(9-15(18)23)10-17(24)21(13-5-4-7-19-11-14(13)22)27(25,26)16-6-2-3-8-20-16/h2-3,6,8,12-14,19,22H,4-5,7,9-11H2,1H3,(H2,18,23)/t12-,13?,14?/m0/s1. The molecule has 3 atom stereocenters. The van der Waals surface area contributed by atoms with Gasteiger partial charge in [-0.3, -0.25) is 9.59 Å². The van der Waals surface area contributed by atoms with Gasteiger partial charge in [-0.1, -0.05) is 13.0 Å². The number of primary amides is 1. The third kappa shape index (κ3) is 5.47. The first kappa shape index (κ1) is 21.3. The molecule has 1 aromatic heterocycles. The van der Waals surface area contributed by atoms with Gasteiger partial charge in [0.1, 0.15) is 0 Å². The van der Waals surface area contributed by atoms with Crippen LogP contribution in [0.3, 0.4) is 0 Å². The van der Waals surface area contributed by atoms with E-state index in [1.165, 1.54) is 18.3 Å². The van der Waals surface area contributed by atoms with Crippen molar-refractivity contribution in [1.82, 2.24) is 14.6 Å². The summed E-state index contributed by atoms with van der Waals surface area (Å²) in [5, 5.41) is 13.2. The fourth-order valence-corrected chi connectivity index (χ4v) is 4.78. The molecule has 0 aromatic carbocycles. The van der Waals surface area contributed by atoms with Gasteiger partial charge in [0.2, 0.25) is 11.8 Å². The second-order valence-corrected chi connectivity index (χ2v) is 8.59. The summed E-state index contributed by atoms with van der Waals surface area (Å²) < 4.78 is 27.1. The van der Waals surface area contributed by atoms with E-state index >= 15 is 0 Å². The molecule has 0 spiro atoms. The molecular weight excluding hydrogens is 372 g/mol. The number of carbonyl (C=O) groups is 2. The van der Waals surface area contributed by atoms with E-state index in [1.807, 2.05) is 0 Å². The number of aliphatic hydroxyl groups is 1. The lowest BCUT2D eigenvalue weighted by Gasteiger charge is -2.33. The van der Waals surface area contributed by atoms with Gasteiger partial charge >= 0.3 is 0 Å². The highest BCUT2D eigenvalue weighted by Gasteiger charge is 2.40. The van der Waals surface area contributed by atoms with Crippen LogP contribution in [-0.4, -0.2) is 59.9 Å². The number of pyridine rings is 1. The molecule has 2 heterocycles. The Morgan fingerprint density at radius 2 is 2.15 bits per heavy atom. The Balaban J connectivity index is 2.38. The van der Waals surface area contributed by atoms with Crippen LogP contribution in [0, 0.1) is 5.92 Å². The number of hydrogen-bond donors (Lipinski definition) is 3. The molecule has 1 saturated heterocycles. The van der Waals surface area contributed by atoms with E-state index in [2.05, 4.69) is 10.3 Å². The highest BCUT2D eigenvalue weighted by Crippen LogP contribution is 2.25. The molecule has 9 nitrogen and oxygen atoms in total. The summed E-state index contributed by atoms with van der Waals surface area (Å²) in [6.45, 7) is 2.46. The summed E-state index contributed by atoms with van der Waals surface area (Å²) in [4.78, 5) is 27.9. The Morgan fingerprint density at radius 3 is 2.78 bits per heavy atom. The van der Waals surface area contributed by atoms with E-state index in [1.54, 1.807) is 13.0 Å². The average molecular weight is 398 g/mol. The molecule has 150 valence electrons. The van der Waals surface area contributed by atoms with E-state index in [4.69, 9.17) is 5.73 Å². The fraction of sp³-hybridized carbons (Fsp3) is 0.588. The van der Waals surface area contributed by atoms with Gasteiger partial charge in [0.15, 0.2) is 5.03 Å². The SMILES string of the molecule is C[C@@H](CC(N)=O)CC(=O)N(C1CCCNCC1O)S(=O)(=O)c1ccccn1. The number of nitrogens with one attached hydrogen (secondary N) is 1. The van der Waals surface area contributed by atoms with Crippen molar-refractivity contribution in [3.05, 3.63) is 24.4 Å². The van der Waals surface area contributed by atoms with Crippen LogP contribution < -0.4 is 11.1 Å². The first-order valence-electron chi connectivity index (χ1n) is 8.89. The third-order valence-corrected chi connectivity index (χ3v) is 6.19. The Labute approximate surface area is 159 Å². The van der Waals surface area contributed by atoms with Crippen LogP contribution >= 0.6 is 0 Å². The van der Waals surface area contributed by atoms with Crippen LogP contribution in [0.5, 0.6) is 0 Å². The molecule has 0 bridgehead atoms. The molecule has 1 fully saturated rings. The number of rotatable bonds is 7. The van der Waals surface area contributed by atoms with Gasteiger partial charge in [-0.25, -0.2) is 9.29 Å². The molecule has 27 heavy (non-hydrogen) atoms. The summed E-state index contributed by atoms with van der Waals surface area (Å²) in [6.07, 6.45) is 1.03. The van der Waals surface area contributed by atoms with Gasteiger partial charge in [0, 0.05) is 25.6 Å². The summed E-state index contributed by atoms with van der Waals surface area (Å²) >= 11 is 0. The number of nitrogens with zero attached hydrogens (tertiary/aromatic N) is 2. The Hall–Kier alpha value is -2.04. The van der Waals surface area contributed by atoms with E-state index in [0.29, 0.717) is 19.4 Å². The molecule has 2 amide bonds. The van der Waals surface area contributed by atoms with Crippen LogP contribution in [0.2, 0.25) is 0 Å². The van der Waals surface area contributed by atoms with Crippen LogP contribution in [0.4, 0.5) is 0 Å². The largest absolute Gasteiger partial charge is 0.390 e.